The molecule has 0 bridgehead atoms. The SMILES string of the molecule is Cn1ccnc1C(=O)c1ccc(NC(=O)c2ccc3c(=O)n4c(nc3c2)CCCCCC4)cc1. The average molecular weight is 456 g/mol. The number of nitrogens with one attached hydrogen (secondary N) is 1. The maximum Gasteiger partial charge on any atom is 0.261 e. The summed E-state index contributed by atoms with van der Waals surface area (Å²) in [6.07, 6.45) is 8.32. The van der Waals surface area contributed by atoms with Crippen molar-refractivity contribution in [2.24, 2.45) is 7.05 Å². The van der Waals surface area contributed by atoms with Gasteiger partial charge >= 0.3 is 0 Å². The minimum atomic E-state index is -0.307. The van der Waals surface area contributed by atoms with Crippen molar-refractivity contribution in [3.8, 4) is 0 Å². The van der Waals surface area contributed by atoms with Gasteiger partial charge in [0.2, 0.25) is 5.78 Å². The number of hydrogen-bond acceptors (Lipinski definition) is 5. The molecule has 0 radical (unpaired) electrons. The minimum Gasteiger partial charge on any atom is -0.331 e. The molecule has 0 saturated heterocycles. The first-order valence-corrected chi connectivity index (χ1v) is 11.5. The second-order valence-corrected chi connectivity index (χ2v) is 8.60. The Balaban J connectivity index is 1.37. The fraction of sp³-hybridized carbons (Fsp3) is 0.269. The van der Waals surface area contributed by atoms with Gasteiger partial charge in [0.25, 0.3) is 11.5 Å². The number of carbonyl (C=O) groups excluding carboxylic acids is 2. The van der Waals surface area contributed by atoms with E-state index in [1.165, 1.54) is 0 Å². The fourth-order valence-electron chi connectivity index (χ4n) is 4.36. The molecule has 8 heteroatoms. The Bertz CT molecular complexity index is 1450. The number of nitrogens with zero attached hydrogens (tertiary/aromatic N) is 4. The number of rotatable bonds is 4. The summed E-state index contributed by atoms with van der Waals surface area (Å²) in [7, 11) is 1.76. The highest BCUT2D eigenvalue weighted by Gasteiger charge is 2.16. The highest BCUT2D eigenvalue weighted by molar-refractivity contribution is 6.08. The third kappa shape index (κ3) is 4.14. The van der Waals surface area contributed by atoms with Crippen molar-refractivity contribution < 1.29 is 9.59 Å². The van der Waals surface area contributed by atoms with Gasteiger partial charge < -0.3 is 9.88 Å². The maximum absolute atomic E-state index is 13.0. The van der Waals surface area contributed by atoms with Crippen LogP contribution in [0.5, 0.6) is 0 Å². The highest BCUT2D eigenvalue weighted by Crippen LogP contribution is 2.18. The third-order valence-electron chi connectivity index (χ3n) is 6.26. The van der Waals surface area contributed by atoms with Gasteiger partial charge in [0.05, 0.1) is 10.9 Å². The normalized spacial score (nSPS) is 13.7. The third-order valence-corrected chi connectivity index (χ3v) is 6.26. The summed E-state index contributed by atoms with van der Waals surface area (Å²) in [5.74, 6) is 0.651. The highest BCUT2D eigenvalue weighted by atomic mass is 16.2. The minimum absolute atomic E-state index is 0.0400. The Kier molecular flexibility index (Phi) is 5.79. The van der Waals surface area contributed by atoms with Crippen LogP contribution in [0.1, 0.15) is 58.0 Å². The summed E-state index contributed by atoms with van der Waals surface area (Å²) in [5, 5.41) is 3.37. The van der Waals surface area contributed by atoms with E-state index < -0.39 is 0 Å². The van der Waals surface area contributed by atoms with Crippen LogP contribution in [0, 0.1) is 0 Å². The molecule has 2 aromatic heterocycles. The lowest BCUT2D eigenvalue weighted by atomic mass is 10.1. The van der Waals surface area contributed by atoms with E-state index in [1.807, 2.05) is 0 Å². The first kappa shape index (κ1) is 21.8. The number of anilines is 1. The van der Waals surface area contributed by atoms with Gasteiger partial charge in [-0.3, -0.25) is 19.0 Å². The summed E-state index contributed by atoms with van der Waals surface area (Å²) in [6.45, 7) is 0.692. The van der Waals surface area contributed by atoms with Gasteiger partial charge in [-0.15, -0.1) is 0 Å². The summed E-state index contributed by atoms with van der Waals surface area (Å²) < 4.78 is 3.45. The van der Waals surface area contributed by atoms with Gasteiger partial charge in [0.15, 0.2) is 5.82 Å². The van der Waals surface area contributed by atoms with Crippen molar-refractivity contribution in [1.29, 1.82) is 0 Å². The lowest BCUT2D eigenvalue weighted by molar-refractivity contribution is 0.102. The van der Waals surface area contributed by atoms with E-state index in [0.717, 1.165) is 37.9 Å². The van der Waals surface area contributed by atoms with Crippen LogP contribution in [-0.2, 0) is 20.0 Å². The standard InChI is InChI=1S/C26H25N5O3/c1-30-15-13-27-24(30)23(32)17-7-10-19(11-8-17)28-25(33)18-9-12-20-21(16-18)29-22-6-4-2-3-5-14-31(22)26(20)34/h7-13,15-16H,2-6,14H2,1H3,(H,28,33). The van der Waals surface area contributed by atoms with E-state index in [2.05, 4.69) is 10.3 Å². The Morgan fingerprint density at radius 2 is 1.74 bits per heavy atom. The Labute approximate surface area is 196 Å². The predicted molar refractivity (Wildman–Crippen MR) is 129 cm³/mol. The van der Waals surface area contributed by atoms with E-state index >= 15 is 0 Å². The van der Waals surface area contributed by atoms with Crippen LogP contribution < -0.4 is 10.9 Å². The molecule has 5 rings (SSSR count). The number of amides is 1. The van der Waals surface area contributed by atoms with Gasteiger partial charge in [-0.2, -0.15) is 0 Å². The summed E-state index contributed by atoms with van der Waals surface area (Å²) in [5.41, 5.74) is 1.97. The van der Waals surface area contributed by atoms with Crippen molar-refractivity contribution in [1.82, 2.24) is 19.1 Å². The molecule has 1 aliphatic heterocycles. The lowest BCUT2D eigenvalue weighted by Gasteiger charge is -2.16. The molecule has 4 aromatic rings. The van der Waals surface area contributed by atoms with E-state index in [4.69, 9.17) is 4.98 Å². The van der Waals surface area contributed by atoms with E-state index in [1.54, 1.807) is 71.0 Å². The number of aryl methyl sites for hydroxylation is 2. The van der Waals surface area contributed by atoms with E-state index in [9.17, 15) is 14.4 Å². The number of hydrogen-bond donors (Lipinski definition) is 1. The molecule has 0 aliphatic carbocycles. The lowest BCUT2D eigenvalue weighted by Crippen LogP contribution is -2.26. The molecule has 172 valence electrons. The number of aromatic nitrogens is 4. The van der Waals surface area contributed by atoms with Crippen LogP contribution in [-0.4, -0.2) is 30.8 Å². The van der Waals surface area contributed by atoms with Crippen LogP contribution in [0.3, 0.4) is 0 Å². The van der Waals surface area contributed by atoms with Gasteiger partial charge in [-0.1, -0.05) is 12.8 Å². The molecular formula is C26H25N5O3. The quantitative estimate of drug-likeness (QED) is 0.473. The molecule has 0 saturated carbocycles. The molecule has 2 aromatic carbocycles. The average Bonchev–Trinajstić information content (AvgIpc) is 3.26. The van der Waals surface area contributed by atoms with Crippen molar-refractivity contribution in [3.05, 3.63) is 88.0 Å². The van der Waals surface area contributed by atoms with Crippen LogP contribution in [0.4, 0.5) is 5.69 Å². The largest absolute Gasteiger partial charge is 0.331 e. The first-order valence-electron chi connectivity index (χ1n) is 11.5. The molecule has 1 amide bonds. The zero-order valence-electron chi connectivity index (χ0n) is 19.0. The predicted octanol–water partition coefficient (Wildman–Crippen LogP) is 3.73. The van der Waals surface area contributed by atoms with Crippen LogP contribution in [0.2, 0.25) is 0 Å². The summed E-state index contributed by atoms with van der Waals surface area (Å²) in [6, 6.07) is 11.7. The Morgan fingerprint density at radius 3 is 2.50 bits per heavy atom. The molecule has 0 unspecified atom stereocenters. The number of carbonyl (C=O) groups is 2. The number of imidazole rings is 1. The molecule has 0 atom stereocenters. The summed E-state index contributed by atoms with van der Waals surface area (Å²) in [4.78, 5) is 47.3. The van der Waals surface area contributed by atoms with E-state index in [-0.39, 0.29) is 17.2 Å². The monoisotopic (exact) mass is 455 g/mol. The number of ketones is 1. The molecule has 1 aliphatic rings. The molecule has 8 nitrogen and oxygen atoms in total. The first-order chi connectivity index (χ1) is 16.5. The van der Waals surface area contributed by atoms with Gasteiger partial charge in [0, 0.05) is 49.2 Å². The summed E-state index contributed by atoms with van der Waals surface area (Å²) >= 11 is 0. The number of benzene rings is 2. The zero-order valence-corrected chi connectivity index (χ0v) is 19.0. The van der Waals surface area contributed by atoms with Crippen molar-refractivity contribution >= 4 is 28.3 Å². The van der Waals surface area contributed by atoms with Crippen LogP contribution in [0.25, 0.3) is 10.9 Å². The Morgan fingerprint density at radius 1 is 0.971 bits per heavy atom. The second kappa shape index (κ2) is 9.05. The van der Waals surface area contributed by atoms with Crippen molar-refractivity contribution in [2.75, 3.05) is 5.32 Å². The van der Waals surface area contributed by atoms with Gasteiger partial charge in [-0.05, 0) is 55.3 Å². The van der Waals surface area contributed by atoms with Gasteiger partial charge in [-0.25, -0.2) is 9.97 Å². The molecule has 0 fully saturated rings. The van der Waals surface area contributed by atoms with Crippen molar-refractivity contribution in [2.45, 2.75) is 38.6 Å². The Hall–Kier alpha value is -4.07. The van der Waals surface area contributed by atoms with E-state index in [0.29, 0.717) is 40.1 Å². The second-order valence-electron chi connectivity index (χ2n) is 8.60. The van der Waals surface area contributed by atoms with Crippen molar-refractivity contribution in [3.63, 3.8) is 0 Å². The molecular weight excluding hydrogens is 430 g/mol. The topological polar surface area (TPSA) is 98.9 Å². The molecule has 3 heterocycles. The van der Waals surface area contributed by atoms with Crippen LogP contribution >= 0.6 is 0 Å². The van der Waals surface area contributed by atoms with Gasteiger partial charge in [0.1, 0.15) is 5.82 Å². The molecule has 34 heavy (non-hydrogen) atoms. The zero-order chi connectivity index (χ0) is 23.7. The smallest absolute Gasteiger partial charge is 0.261 e. The molecule has 1 N–H and O–H groups in total. The molecule has 0 spiro atoms. The van der Waals surface area contributed by atoms with Crippen LogP contribution in [0.15, 0.2) is 59.7 Å². The number of fused-ring (bicyclic) bond motifs is 2. The maximum atomic E-state index is 13.0. The fourth-order valence-corrected chi connectivity index (χ4v) is 4.36.